The number of hydrogen-bond donors (Lipinski definition) is 0. The first-order valence-electron chi connectivity index (χ1n) is 8.78. The van der Waals surface area contributed by atoms with Crippen LogP contribution in [0.1, 0.15) is 41.5 Å². The van der Waals surface area contributed by atoms with Crippen molar-refractivity contribution >= 4 is 11.8 Å². The van der Waals surface area contributed by atoms with Crippen LogP contribution in [0.4, 0.5) is 0 Å². The molecule has 148 valence electrons. The molecule has 0 saturated carbocycles. The Hall–Kier alpha value is -1.72. The summed E-state index contributed by atoms with van der Waals surface area (Å²) in [7, 11) is 0. The van der Waals surface area contributed by atoms with Gasteiger partial charge in [-0.2, -0.15) is 0 Å². The largest absolute Gasteiger partial charge is 0.457 e. The Morgan fingerprint density at radius 3 is 1.88 bits per heavy atom. The van der Waals surface area contributed by atoms with Gasteiger partial charge in [0.25, 0.3) is 0 Å². The number of ketones is 1. The smallest absolute Gasteiger partial charge is 0.333 e. The Bertz CT molecular complexity index is 545. The molecule has 2 atom stereocenters. The van der Waals surface area contributed by atoms with E-state index in [1.54, 1.807) is 20.8 Å². The molecule has 0 bridgehead atoms. The number of rotatable bonds is 13. The molecule has 0 aromatic rings. The lowest BCUT2D eigenvalue weighted by Crippen LogP contribution is -2.29. The monoisotopic (exact) mass is 366 g/mol. The number of carbonyl (C=O) groups is 2. The van der Waals surface area contributed by atoms with Crippen molar-refractivity contribution in [2.45, 2.75) is 47.6 Å². The SMILES string of the molecule is C=C(C)C(=O)OC(C)COCC(C)(C)COCC(C)C(=C)C(=O)C(=C)C. The van der Waals surface area contributed by atoms with E-state index in [1.165, 1.54) is 0 Å². The van der Waals surface area contributed by atoms with Gasteiger partial charge in [-0.15, -0.1) is 0 Å². The van der Waals surface area contributed by atoms with Gasteiger partial charge in [0.1, 0.15) is 6.10 Å². The molecule has 0 N–H and O–H groups in total. The zero-order valence-corrected chi connectivity index (χ0v) is 17.1. The van der Waals surface area contributed by atoms with Gasteiger partial charge in [-0.1, -0.05) is 40.5 Å². The minimum Gasteiger partial charge on any atom is -0.457 e. The van der Waals surface area contributed by atoms with Crippen molar-refractivity contribution in [2.75, 3.05) is 26.4 Å². The molecule has 0 heterocycles. The Kier molecular flexibility index (Phi) is 10.4. The number of Topliss-reactive ketones (excluding diaryl/α,β-unsaturated/α-hetero) is 1. The van der Waals surface area contributed by atoms with Crippen LogP contribution in [0.3, 0.4) is 0 Å². The third kappa shape index (κ3) is 9.68. The van der Waals surface area contributed by atoms with Crippen LogP contribution in [0.5, 0.6) is 0 Å². The molecular formula is C21H34O5. The van der Waals surface area contributed by atoms with E-state index in [0.29, 0.717) is 43.1 Å². The highest BCUT2D eigenvalue weighted by Gasteiger charge is 2.22. The fourth-order valence-electron chi connectivity index (χ4n) is 1.97. The highest BCUT2D eigenvalue weighted by atomic mass is 16.6. The molecule has 0 aromatic heterocycles. The van der Waals surface area contributed by atoms with E-state index in [9.17, 15) is 9.59 Å². The normalized spacial score (nSPS) is 13.6. The van der Waals surface area contributed by atoms with Gasteiger partial charge in [-0.3, -0.25) is 4.79 Å². The van der Waals surface area contributed by atoms with E-state index >= 15 is 0 Å². The van der Waals surface area contributed by atoms with Gasteiger partial charge >= 0.3 is 5.97 Å². The molecule has 2 unspecified atom stereocenters. The standard InChI is InChI=1S/C21H34O5/c1-14(2)19(22)18(7)16(5)10-24-12-21(8,9)13-25-11-17(6)26-20(23)15(3)4/h16-17H,1,3,7,10-13H2,2,4-6,8-9H3. The first-order chi connectivity index (χ1) is 11.9. The molecule has 5 nitrogen and oxygen atoms in total. The zero-order chi connectivity index (χ0) is 20.5. The van der Waals surface area contributed by atoms with Crippen LogP contribution in [0, 0.1) is 11.3 Å². The van der Waals surface area contributed by atoms with Gasteiger partial charge in [0, 0.05) is 16.9 Å². The molecular weight excluding hydrogens is 332 g/mol. The number of hydrogen-bond acceptors (Lipinski definition) is 5. The summed E-state index contributed by atoms with van der Waals surface area (Å²) in [5.41, 5.74) is 1.15. The second kappa shape index (κ2) is 11.1. The average molecular weight is 366 g/mol. The molecule has 0 aliphatic heterocycles. The maximum atomic E-state index is 11.9. The lowest BCUT2D eigenvalue weighted by atomic mass is 9.95. The van der Waals surface area contributed by atoms with Crippen LogP contribution in [-0.4, -0.2) is 44.3 Å². The molecule has 0 amide bonds. The van der Waals surface area contributed by atoms with Gasteiger partial charge in [-0.05, 0) is 31.9 Å². The molecule has 0 aliphatic carbocycles. The number of allylic oxidation sites excluding steroid dienone is 1. The first-order valence-corrected chi connectivity index (χ1v) is 8.78. The Labute approximate surface area is 158 Å². The third-order valence-corrected chi connectivity index (χ3v) is 3.64. The van der Waals surface area contributed by atoms with Crippen LogP contribution in [-0.2, 0) is 23.8 Å². The highest BCUT2D eigenvalue weighted by molar-refractivity contribution is 6.07. The van der Waals surface area contributed by atoms with Crippen LogP contribution in [0.2, 0.25) is 0 Å². The van der Waals surface area contributed by atoms with Crippen molar-refractivity contribution in [1.29, 1.82) is 0 Å². The van der Waals surface area contributed by atoms with E-state index in [2.05, 4.69) is 19.7 Å². The summed E-state index contributed by atoms with van der Waals surface area (Å²) in [5.74, 6) is -0.596. The van der Waals surface area contributed by atoms with Crippen LogP contribution in [0.15, 0.2) is 36.5 Å². The van der Waals surface area contributed by atoms with E-state index in [1.807, 2.05) is 20.8 Å². The quantitative estimate of drug-likeness (QED) is 0.365. The van der Waals surface area contributed by atoms with Crippen molar-refractivity contribution in [3.8, 4) is 0 Å². The zero-order valence-electron chi connectivity index (χ0n) is 17.1. The molecule has 5 heteroatoms. The van der Waals surface area contributed by atoms with Crippen molar-refractivity contribution in [1.82, 2.24) is 0 Å². The van der Waals surface area contributed by atoms with E-state index in [4.69, 9.17) is 14.2 Å². The minimum absolute atomic E-state index is 0.0718. The summed E-state index contributed by atoms with van der Waals surface area (Å²) >= 11 is 0. The summed E-state index contributed by atoms with van der Waals surface area (Å²) in [4.78, 5) is 23.3. The summed E-state index contributed by atoms with van der Waals surface area (Å²) in [5, 5.41) is 0. The van der Waals surface area contributed by atoms with Crippen molar-refractivity contribution in [3.63, 3.8) is 0 Å². The number of carbonyl (C=O) groups excluding carboxylic acids is 2. The Morgan fingerprint density at radius 1 is 0.923 bits per heavy atom. The third-order valence-electron chi connectivity index (χ3n) is 3.64. The lowest BCUT2D eigenvalue weighted by molar-refractivity contribution is -0.147. The maximum Gasteiger partial charge on any atom is 0.333 e. The second-order valence-corrected chi connectivity index (χ2v) is 7.73. The molecule has 0 spiro atoms. The maximum absolute atomic E-state index is 11.9. The fourth-order valence-corrected chi connectivity index (χ4v) is 1.97. The topological polar surface area (TPSA) is 61.8 Å². The van der Waals surface area contributed by atoms with Crippen molar-refractivity contribution < 1.29 is 23.8 Å². The lowest BCUT2D eigenvalue weighted by Gasteiger charge is -2.26. The number of ether oxygens (including phenoxy) is 3. The van der Waals surface area contributed by atoms with Gasteiger partial charge in [0.2, 0.25) is 0 Å². The van der Waals surface area contributed by atoms with Crippen molar-refractivity contribution in [2.24, 2.45) is 11.3 Å². The predicted octanol–water partition coefficient (Wildman–Crippen LogP) is 3.89. The van der Waals surface area contributed by atoms with Crippen molar-refractivity contribution in [3.05, 3.63) is 36.5 Å². The van der Waals surface area contributed by atoms with Gasteiger partial charge < -0.3 is 14.2 Å². The molecule has 0 aliphatic rings. The van der Waals surface area contributed by atoms with Crippen LogP contribution >= 0.6 is 0 Å². The molecule has 0 aromatic carbocycles. The second-order valence-electron chi connectivity index (χ2n) is 7.73. The summed E-state index contributed by atoms with van der Waals surface area (Å²) < 4.78 is 16.6. The molecule has 0 fully saturated rings. The van der Waals surface area contributed by atoms with Gasteiger partial charge in [-0.25, -0.2) is 4.79 Å². The molecule has 0 radical (unpaired) electrons. The minimum atomic E-state index is -0.415. The van der Waals surface area contributed by atoms with Gasteiger partial charge in [0.15, 0.2) is 5.78 Å². The Morgan fingerprint density at radius 2 is 1.42 bits per heavy atom. The average Bonchev–Trinajstić information content (AvgIpc) is 2.52. The van der Waals surface area contributed by atoms with E-state index in [-0.39, 0.29) is 23.2 Å². The molecule has 0 saturated heterocycles. The first kappa shape index (κ1) is 24.3. The summed E-state index contributed by atoms with van der Waals surface area (Å²) in [6.07, 6.45) is -0.340. The van der Waals surface area contributed by atoms with E-state index in [0.717, 1.165) is 0 Å². The van der Waals surface area contributed by atoms with Crippen LogP contribution in [0.25, 0.3) is 0 Å². The summed E-state index contributed by atoms with van der Waals surface area (Å²) in [6.45, 7) is 23.7. The number of esters is 1. The van der Waals surface area contributed by atoms with Gasteiger partial charge in [0.05, 0.1) is 26.4 Å². The molecule has 26 heavy (non-hydrogen) atoms. The predicted molar refractivity (Wildman–Crippen MR) is 104 cm³/mol. The van der Waals surface area contributed by atoms with E-state index < -0.39 is 5.97 Å². The highest BCUT2D eigenvalue weighted by Crippen LogP contribution is 2.19. The summed E-state index contributed by atoms with van der Waals surface area (Å²) in [6, 6.07) is 0. The Balaban J connectivity index is 4.17. The molecule has 0 rings (SSSR count). The van der Waals surface area contributed by atoms with Crippen LogP contribution < -0.4 is 0 Å². The fraction of sp³-hybridized carbons (Fsp3) is 0.619.